The lowest BCUT2D eigenvalue weighted by atomic mass is 9.90. The molecule has 3 aromatic carbocycles. The minimum atomic E-state index is -0.845. The minimum absolute atomic E-state index is 0.124. The van der Waals surface area contributed by atoms with Crippen LogP contribution in [0.4, 0.5) is 0 Å². The number of benzene rings is 3. The van der Waals surface area contributed by atoms with Gasteiger partial charge in [0, 0.05) is 18.7 Å². The second kappa shape index (κ2) is 14.4. The SMILES string of the molecule is CCOC(=O)C1=C(C)N=c2s/c(=C/c3ccc(OCC(=O)N4CCOCC4)c(OCC)c3)c(=O)n2[C@@H]1c1c(OC)ccc2ccccc12. The fourth-order valence-corrected chi connectivity index (χ4v) is 7.04. The van der Waals surface area contributed by atoms with Gasteiger partial charge >= 0.3 is 5.97 Å². The number of hydrogen-bond acceptors (Lipinski definition) is 10. The van der Waals surface area contributed by atoms with E-state index in [-0.39, 0.29) is 30.3 Å². The van der Waals surface area contributed by atoms with Crippen LogP contribution < -0.4 is 29.1 Å². The smallest absolute Gasteiger partial charge is 0.338 e. The van der Waals surface area contributed by atoms with Crippen molar-refractivity contribution in [2.45, 2.75) is 26.8 Å². The summed E-state index contributed by atoms with van der Waals surface area (Å²) in [6.45, 7) is 7.86. The van der Waals surface area contributed by atoms with E-state index in [0.717, 1.165) is 10.8 Å². The van der Waals surface area contributed by atoms with Crippen LogP contribution in [0.1, 0.15) is 37.9 Å². The van der Waals surface area contributed by atoms with Crippen LogP contribution in [0.2, 0.25) is 0 Å². The molecule has 1 fully saturated rings. The minimum Gasteiger partial charge on any atom is -0.496 e. The maximum atomic E-state index is 14.3. The van der Waals surface area contributed by atoms with Crippen molar-refractivity contribution in [2.24, 2.45) is 4.99 Å². The maximum Gasteiger partial charge on any atom is 0.338 e. The summed E-state index contributed by atoms with van der Waals surface area (Å²) < 4.78 is 30.3. The van der Waals surface area contributed by atoms with Crippen LogP contribution in [0.5, 0.6) is 17.2 Å². The third kappa shape index (κ3) is 6.45. The third-order valence-electron chi connectivity index (χ3n) is 8.22. The first-order valence-electron chi connectivity index (χ1n) is 15.8. The van der Waals surface area contributed by atoms with Crippen molar-refractivity contribution in [3.63, 3.8) is 0 Å². The molecule has 0 unspecified atom stereocenters. The molecule has 0 saturated carbocycles. The van der Waals surface area contributed by atoms with Crippen LogP contribution in [0.25, 0.3) is 16.8 Å². The fraction of sp³-hybridized carbons (Fsp3) is 0.333. The Labute approximate surface area is 281 Å². The Morgan fingerprint density at radius 3 is 2.52 bits per heavy atom. The molecule has 6 rings (SSSR count). The lowest BCUT2D eigenvalue weighted by Gasteiger charge is -2.27. The van der Waals surface area contributed by atoms with Gasteiger partial charge in [-0.05, 0) is 61.4 Å². The van der Waals surface area contributed by atoms with E-state index in [2.05, 4.69) is 0 Å². The quantitative estimate of drug-likeness (QED) is 0.235. The molecule has 0 aliphatic carbocycles. The molecule has 1 amide bonds. The summed E-state index contributed by atoms with van der Waals surface area (Å²) in [6.07, 6.45) is 1.76. The number of nitrogens with zero attached hydrogens (tertiary/aromatic N) is 3. The number of carbonyl (C=O) groups excluding carboxylic acids is 2. The maximum absolute atomic E-state index is 14.3. The van der Waals surface area contributed by atoms with Crippen molar-refractivity contribution in [3.8, 4) is 17.2 Å². The number of amides is 1. The molecular weight excluding hydrogens is 634 g/mol. The molecule has 2 aliphatic rings. The van der Waals surface area contributed by atoms with Crippen molar-refractivity contribution in [1.29, 1.82) is 0 Å². The number of aromatic nitrogens is 1. The predicted molar refractivity (Wildman–Crippen MR) is 181 cm³/mol. The number of methoxy groups -OCH3 is 1. The topological polar surface area (TPSA) is 118 Å². The van der Waals surface area contributed by atoms with E-state index in [9.17, 15) is 14.4 Å². The summed E-state index contributed by atoms with van der Waals surface area (Å²) in [5.41, 5.74) is 1.79. The van der Waals surface area contributed by atoms with Crippen molar-refractivity contribution in [2.75, 3.05) is 53.2 Å². The molecule has 12 heteroatoms. The van der Waals surface area contributed by atoms with Crippen LogP contribution in [0.3, 0.4) is 0 Å². The van der Waals surface area contributed by atoms with Gasteiger partial charge in [-0.3, -0.25) is 14.2 Å². The Hall–Kier alpha value is -4.94. The number of carbonyl (C=O) groups is 2. The molecule has 0 radical (unpaired) electrons. The first-order valence-corrected chi connectivity index (χ1v) is 16.7. The number of morpholine rings is 1. The highest BCUT2D eigenvalue weighted by atomic mass is 32.1. The summed E-state index contributed by atoms with van der Waals surface area (Å²) in [4.78, 5) is 47.4. The number of rotatable bonds is 10. The van der Waals surface area contributed by atoms with Gasteiger partial charge in [0.05, 0.1) is 49.3 Å². The zero-order valence-corrected chi connectivity index (χ0v) is 28.1. The zero-order valence-electron chi connectivity index (χ0n) is 27.3. The normalized spacial score (nSPS) is 16.4. The van der Waals surface area contributed by atoms with Gasteiger partial charge in [0.1, 0.15) is 11.8 Å². The number of fused-ring (bicyclic) bond motifs is 2. The van der Waals surface area contributed by atoms with Gasteiger partial charge in [0.2, 0.25) is 0 Å². The van der Waals surface area contributed by atoms with Gasteiger partial charge in [-0.25, -0.2) is 9.79 Å². The number of esters is 1. The van der Waals surface area contributed by atoms with Crippen molar-refractivity contribution in [3.05, 3.63) is 96.7 Å². The number of hydrogen-bond donors (Lipinski definition) is 0. The van der Waals surface area contributed by atoms with E-state index in [4.69, 9.17) is 28.7 Å². The summed E-state index contributed by atoms with van der Waals surface area (Å²) in [7, 11) is 1.57. The Balaban J connectivity index is 1.43. The molecule has 0 bridgehead atoms. The van der Waals surface area contributed by atoms with E-state index < -0.39 is 12.0 Å². The highest BCUT2D eigenvalue weighted by Crippen LogP contribution is 2.40. The average Bonchev–Trinajstić information content (AvgIpc) is 3.40. The fourth-order valence-electron chi connectivity index (χ4n) is 6.00. The van der Waals surface area contributed by atoms with Crippen molar-refractivity contribution < 1.29 is 33.3 Å². The lowest BCUT2D eigenvalue weighted by Crippen LogP contribution is -2.43. The van der Waals surface area contributed by atoms with Gasteiger partial charge in [-0.15, -0.1) is 0 Å². The second-order valence-electron chi connectivity index (χ2n) is 11.1. The van der Waals surface area contributed by atoms with Crippen molar-refractivity contribution in [1.82, 2.24) is 9.47 Å². The molecule has 11 nitrogen and oxygen atoms in total. The molecule has 3 heterocycles. The van der Waals surface area contributed by atoms with Crippen LogP contribution >= 0.6 is 11.3 Å². The average molecular weight is 672 g/mol. The van der Waals surface area contributed by atoms with Crippen molar-refractivity contribution >= 4 is 40.1 Å². The van der Waals surface area contributed by atoms with E-state index in [1.807, 2.05) is 43.3 Å². The monoisotopic (exact) mass is 671 g/mol. The molecule has 1 aromatic heterocycles. The van der Waals surface area contributed by atoms with Crippen LogP contribution in [-0.2, 0) is 19.1 Å². The molecule has 1 saturated heterocycles. The first-order chi connectivity index (χ1) is 23.3. The zero-order chi connectivity index (χ0) is 33.8. The molecule has 0 N–H and O–H groups in total. The summed E-state index contributed by atoms with van der Waals surface area (Å²) in [6, 6.07) is 16.0. The molecule has 1 atom stereocenters. The third-order valence-corrected chi connectivity index (χ3v) is 9.20. The number of thiazole rings is 1. The summed E-state index contributed by atoms with van der Waals surface area (Å²) in [5, 5.41) is 1.78. The molecular formula is C36H37N3O8S. The largest absolute Gasteiger partial charge is 0.496 e. The first kappa shape index (κ1) is 33.0. The predicted octanol–water partition coefficient (Wildman–Crippen LogP) is 3.60. The molecule has 0 spiro atoms. The van der Waals surface area contributed by atoms with Crippen LogP contribution in [0.15, 0.2) is 75.7 Å². The van der Waals surface area contributed by atoms with Gasteiger partial charge in [-0.2, -0.15) is 0 Å². The lowest BCUT2D eigenvalue weighted by molar-refractivity contribution is -0.139. The highest BCUT2D eigenvalue weighted by Gasteiger charge is 2.36. The Kier molecular flexibility index (Phi) is 9.93. The standard InChI is InChI=1S/C36H37N3O8S/c1-5-45-28-19-23(11-13-26(28)47-21-30(40)38-15-17-44-18-16-38)20-29-34(41)39-33(31(35(42)46-6-2)22(3)37-36(39)48-29)32-25-10-8-7-9-24(25)12-14-27(32)43-4/h7-14,19-20,33H,5-6,15-18,21H2,1-4H3/b29-20+/t33-/m0/s1. The van der Waals surface area contributed by atoms with E-state index >= 15 is 0 Å². The van der Waals surface area contributed by atoms with Gasteiger partial charge in [0.15, 0.2) is 22.9 Å². The molecule has 250 valence electrons. The molecule has 2 aliphatic heterocycles. The van der Waals surface area contributed by atoms with Gasteiger partial charge in [-0.1, -0.05) is 47.7 Å². The Bertz CT molecular complexity index is 2080. The van der Waals surface area contributed by atoms with E-state index in [1.165, 1.54) is 11.3 Å². The second-order valence-corrected chi connectivity index (χ2v) is 12.1. The van der Waals surface area contributed by atoms with Crippen LogP contribution in [0, 0.1) is 0 Å². The highest BCUT2D eigenvalue weighted by molar-refractivity contribution is 7.07. The van der Waals surface area contributed by atoms with E-state index in [1.54, 1.807) is 54.7 Å². The number of allylic oxidation sites excluding steroid dienone is 1. The summed E-state index contributed by atoms with van der Waals surface area (Å²) in [5.74, 6) is 0.745. The Morgan fingerprint density at radius 1 is 1.00 bits per heavy atom. The molecule has 4 aromatic rings. The Morgan fingerprint density at radius 2 is 1.77 bits per heavy atom. The van der Waals surface area contributed by atoms with Crippen LogP contribution in [-0.4, -0.2) is 74.6 Å². The van der Waals surface area contributed by atoms with Gasteiger partial charge in [0.25, 0.3) is 11.5 Å². The van der Waals surface area contributed by atoms with E-state index in [0.29, 0.717) is 76.3 Å². The molecule has 48 heavy (non-hydrogen) atoms. The summed E-state index contributed by atoms with van der Waals surface area (Å²) >= 11 is 1.23. The number of ether oxygens (including phenoxy) is 5. The van der Waals surface area contributed by atoms with Gasteiger partial charge < -0.3 is 28.6 Å².